The van der Waals surface area contributed by atoms with E-state index in [0.717, 1.165) is 23.4 Å². The molecule has 0 spiro atoms. The average molecular weight is 241 g/mol. The Morgan fingerprint density at radius 3 is 2.56 bits per heavy atom. The molecule has 0 bridgehead atoms. The van der Waals surface area contributed by atoms with Gasteiger partial charge in [-0.15, -0.1) is 0 Å². The third-order valence-corrected chi connectivity index (χ3v) is 3.04. The molecule has 2 aromatic carbocycles. The molecule has 94 valence electrons. The molecular weight excluding hydrogens is 222 g/mol. The number of anilines is 1. The maximum absolute atomic E-state index is 5.90. The van der Waals surface area contributed by atoms with Crippen molar-refractivity contribution in [1.82, 2.24) is 0 Å². The molecule has 0 heterocycles. The van der Waals surface area contributed by atoms with E-state index >= 15 is 0 Å². The molecule has 18 heavy (non-hydrogen) atoms. The Morgan fingerprint density at radius 1 is 1.06 bits per heavy atom. The highest BCUT2D eigenvalue weighted by atomic mass is 16.5. The fourth-order valence-corrected chi connectivity index (χ4v) is 1.95. The van der Waals surface area contributed by atoms with Gasteiger partial charge in [0.2, 0.25) is 0 Å². The molecule has 0 fully saturated rings. The Hall–Kier alpha value is -1.96. The van der Waals surface area contributed by atoms with Crippen LogP contribution in [-0.4, -0.2) is 0 Å². The van der Waals surface area contributed by atoms with E-state index in [2.05, 4.69) is 26.0 Å². The summed E-state index contributed by atoms with van der Waals surface area (Å²) in [6.45, 7) is 4.75. The molecule has 2 aromatic rings. The van der Waals surface area contributed by atoms with Gasteiger partial charge in [-0.3, -0.25) is 0 Å². The number of aryl methyl sites for hydroxylation is 2. The maximum atomic E-state index is 5.90. The molecule has 0 aliphatic carbocycles. The summed E-state index contributed by atoms with van der Waals surface area (Å²) in [5.41, 5.74) is 10.2. The van der Waals surface area contributed by atoms with Gasteiger partial charge in [-0.1, -0.05) is 42.8 Å². The fourth-order valence-electron chi connectivity index (χ4n) is 1.95. The van der Waals surface area contributed by atoms with Gasteiger partial charge in [0.25, 0.3) is 0 Å². The van der Waals surface area contributed by atoms with E-state index in [9.17, 15) is 0 Å². The fraction of sp³-hybridized carbons (Fsp3) is 0.250. The molecule has 0 atom stereocenters. The number of benzene rings is 2. The van der Waals surface area contributed by atoms with Crippen LogP contribution in [-0.2, 0) is 13.0 Å². The van der Waals surface area contributed by atoms with Gasteiger partial charge in [-0.2, -0.15) is 0 Å². The van der Waals surface area contributed by atoms with Crippen LogP contribution in [0.2, 0.25) is 0 Å². The van der Waals surface area contributed by atoms with E-state index < -0.39 is 0 Å². The second-order valence-electron chi connectivity index (χ2n) is 4.45. The van der Waals surface area contributed by atoms with Crippen molar-refractivity contribution < 1.29 is 4.74 Å². The van der Waals surface area contributed by atoms with Crippen LogP contribution < -0.4 is 10.5 Å². The second kappa shape index (κ2) is 5.58. The Kier molecular flexibility index (Phi) is 3.88. The first-order valence-electron chi connectivity index (χ1n) is 6.26. The van der Waals surface area contributed by atoms with Gasteiger partial charge in [-0.05, 0) is 31.0 Å². The number of nitrogen functional groups attached to an aromatic ring is 1. The highest BCUT2D eigenvalue weighted by molar-refractivity contribution is 5.46. The van der Waals surface area contributed by atoms with Gasteiger partial charge in [-0.25, -0.2) is 0 Å². The number of rotatable bonds is 4. The molecule has 0 aliphatic heterocycles. The first-order chi connectivity index (χ1) is 8.70. The zero-order valence-electron chi connectivity index (χ0n) is 10.9. The lowest BCUT2D eigenvalue weighted by Gasteiger charge is -2.12. The van der Waals surface area contributed by atoms with Crippen LogP contribution in [0.5, 0.6) is 5.75 Å². The Labute approximate surface area is 108 Å². The van der Waals surface area contributed by atoms with Crippen LogP contribution in [0.1, 0.15) is 23.6 Å². The normalized spacial score (nSPS) is 10.3. The summed E-state index contributed by atoms with van der Waals surface area (Å²) in [5, 5.41) is 0. The van der Waals surface area contributed by atoms with E-state index in [0.29, 0.717) is 6.61 Å². The van der Waals surface area contributed by atoms with E-state index in [-0.39, 0.29) is 0 Å². The highest BCUT2D eigenvalue weighted by Gasteiger charge is 2.04. The number of ether oxygens (including phenoxy) is 1. The molecule has 0 radical (unpaired) electrons. The number of para-hydroxylation sites is 1. The van der Waals surface area contributed by atoms with Gasteiger partial charge < -0.3 is 10.5 Å². The zero-order chi connectivity index (χ0) is 13.0. The maximum Gasteiger partial charge on any atom is 0.123 e. The van der Waals surface area contributed by atoms with Crippen molar-refractivity contribution in [3.8, 4) is 5.75 Å². The van der Waals surface area contributed by atoms with Crippen molar-refractivity contribution in [3.63, 3.8) is 0 Å². The van der Waals surface area contributed by atoms with Crippen molar-refractivity contribution in [2.75, 3.05) is 5.73 Å². The van der Waals surface area contributed by atoms with Crippen LogP contribution in [0.4, 0.5) is 5.69 Å². The largest absolute Gasteiger partial charge is 0.489 e. The van der Waals surface area contributed by atoms with Crippen molar-refractivity contribution >= 4 is 5.69 Å². The van der Waals surface area contributed by atoms with E-state index in [1.165, 1.54) is 11.1 Å². The molecule has 0 saturated heterocycles. The summed E-state index contributed by atoms with van der Waals surface area (Å²) in [6.07, 6.45) is 0.973. The van der Waals surface area contributed by atoms with Crippen LogP contribution in [0.15, 0.2) is 42.5 Å². The molecule has 2 rings (SSSR count). The monoisotopic (exact) mass is 241 g/mol. The Bertz CT molecular complexity index is 534. The third kappa shape index (κ3) is 2.83. The quantitative estimate of drug-likeness (QED) is 0.828. The smallest absolute Gasteiger partial charge is 0.123 e. The number of nitrogens with two attached hydrogens (primary N) is 1. The second-order valence-corrected chi connectivity index (χ2v) is 4.45. The minimum absolute atomic E-state index is 0.517. The lowest BCUT2D eigenvalue weighted by Crippen LogP contribution is -2.01. The van der Waals surface area contributed by atoms with E-state index in [1.54, 1.807) is 0 Å². The minimum Gasteiger partial charge on any atom is -0.489 e. The molecule has 0 unspecified atom stereocenters. The molecule has 0 saturated carbocycles. The standard InChI is InChI=1S/C16H19NO/c1-3-13-10-12(2)8-9-16(13)18-11-14-6-4-5-7-15(14)17/h4-10H,3,11,17H2,1-2H3. The summed E-state index contributed by atoms with van der Waals surface area (Å²) in [5.74, 6) is 0.950. The SMILES string of the molecule is CCc1cc(C)ccc1OCc1ccccc1N. The number of hydrogen-bond donors (Lipinski definition) is 1. The first-order valence-corrected chi connectivity index (χ1v) is 6.26. The lowest BCUT2D eigenvalue weighted by atomic mass is 10.1. The summed E-state index contributed by atoms with van der Waals surface area (Å²) >= 11 is 0. The third-order valence-electron chi connectivity index (χ3n) is 3.04. The summed E-state index contributed by atoms with van der Waals surface area (Å²) < 4.78 is 5.87. The summed E-state index contributed by atoms with van der Waals surface area (Å²) in [7, 11) is 0. The van der Waals surface area contributed by atoms with Gasteiger partial charge >= 0.3 is 0 Å². The Balaban J connectivity index is 2.13. The molecule has 2 N–H and O–H groups in total. The summed E-state index contributed by atoms with van der Waals surface area (Å²) in [6, 6.07) is 14.1. The van der Waals surface area contributed by atoms with Gasteiger partial charge in [0.1, 0.15) is 12.4 Å². The van der Waals surface area contributed by atoms with Crippen molar-refractivity contribution in [2.45, 2.75) is 26.9 Å². The van der Waals surface area contributed by atoms with Gasteiger partial charge in [0.05, 0.1) is 0 Å². The van der Waals surface area contributed by atoms with Crippen LogP contribution in [0.3, 0.4) is 0 Å². The van der Waals surface area contributed by atoms with E-state index in [1.807, 2.05) is 30.3 Å². The number of hydrogen-bond acceptors (Lipinski definition) is 2. The highest BCUT2D eigenvalue weighted by Crippen LogP contribution is 2.22. The molecule has 0 amide bonds. The molecular formula is C16H19NO. The average Bonchev–Trinajstić information content (AvgIpc) is 2.39. The minimum atomic E-state index is 0.517. The molecule has 2 nitrogen and oxygen atoms in total. The van der Waals surface area contributed by atoms with Crippen molar-refractivity contribution in [3.05, 3.63) is 59.2 Å². The van der Waals surface area contributed by atoms with Crippen molar-refractivity contribution in [2.24, 2.45) is 0 Å². The van der Waals surface area contributed by atoms with Gasteiger partial charge in [0.15, 0.2) is 0 Å². The van der Waals surface area contributed by atoms with Crippen molar-refractivity contribution in [1.29, 1.82) is 0 Å². The predicted molar refractivity (Wildman–Crippen MR) is 75.7 cm³/mol. The predicted octanol–water partition coefficient (Wildman–Crippen LogP) is 3.72. The van der Waals surface area contributed by atoms with Crippen LogP contribution >= 0.6 is 0 Å². The van der Waals surface area contributed by atoms with E-state index in [4.69, 9.17) is 10.5 Å². The zero-order valence-corrected chi connectivity index (χ0v) is 10.9. The first kappa shape index (κ1) is 12.5. The summed E-state index contributed by atoms with van der Waals surface area (Å²) in [4.78, 5) is 0. The van der Waals surface area contributed by atoms with Crippen LogP contribution in [0.25, 0.3) is 0 Å². The Morgan fingerprint density at radius 2 is 1.83 bits per heavy atom. The van der Waals surface area contributed by atoms with Gasteiger partial charge in [0, 0.05) is 11.3 Å². The molecule has 0 aromatic heterocycles. The van der Waals surface area contributed by atoms with Crippen LogP contribution in [0, 0.1) is 6.92 Å². The molecule has 0 aliphatic rings. The topological polar surface area (TPSA) is 35.2 Å². The molecule has 2 heteroatoms. The lowest BCUT2D eigenvalue weighted by molar-refractivity contribution is 0.304.